The fraction of sp³-hybridized carbons (Fsp3) is 0.375. The highest BCUT2D eigenvalue weighted by Gasteiger charge is 2.38. The van der Waals surface area contributed by atoms with Gasteiger partial charge in [-0.1, -0.05) is 53.5 Å². The molecule has 52 heavy (non-hydrogen) atoms. The molecule has 1 aliphatic carbocycles. The molecule has 0 radical (unpaired) electrons. The number of nitrogens with zero attached hydrogens (tertiary/aromatic N) is 2. The lowest BCUT2D eigenvalue weighted by molar-refractivity contribution is -0.377. The summed E-state index contributed by atoms with van der Waals surface area (Å²) in [4.78, 5) is 33.9. The summed E-state index contributed by atoms with van der Waals surface area (Å²) in [5.74, 6) is 0.858. The number of halogens is 3. The Balaban J connectivity index is 1.10. The SMILES string of the molecule is COc1ccc([C@@H](Cc2c(Cl)c[nH+]cc2Cl)OC(=O)c2ccc(CN(C(=O)O[C@H]3CN4CCC3CC4)c3ccccc3F)cc2)cc1OCC1CC1. The molecule has 4 fully saturated rings. The van der Waals surface area contributed by atoms with Crippen LogP contribution in [0.25, 0.3) is 0 Å². The molecule has 272 valence electrons. The number of hydrogen-bond donors (Lipinski definition) is 0. The van der Waals surface area contributed by atoms with Gasteiger partial charge in [0, 0.05) is 18.5 Å². The van der Waals surface area contributed by atoms with E-state index in [1.807, 2.05) is 12.1 Å². The third-order valence-electron chi connectivity index (χ3n) is 10.1. The molecule has 1 saturated carbocycles. The van der Waals surface area contributed by atoms with Crippen LogP contribution in [0, 0.1) is 17.7 Å². The van der Waals surface area contributed by atoms with Crippen molar-refractivity contribution in [2.45, 2.75) is 50.9 Å². The van der Waals surface area contributed by atoms with Gasteiger partial charge in [0.1, 0.15) is 28.1 Å². The van der Waals surface area contributed by atoms with E-state index in [1.54, 1.807) is 68.0 Å². The van der Waals surface area contributed by atoms with Gasteiger partial charge in [-0.3, -0.25) is 9.80 Å². The number of methoxy groups -OCH3 is 1. The third kappa shape index (κ3) is 8.46. The number of H-pyrrole nitrogens is 1. The maximum absolute atomic E-state index is 15.1. The van der Waals surface area contributed by atoms with Crippen molar-refractivity contribution in [2.75, 3.05) is 38.3 Å². The summed E-state index contributed by atoms with van der Waals surface area (Å²) >= 11 is 13.1. The van der Waals surface area contributed by atoms with Crippen molar-refractivity contribution in [3.8, 4) is 11.5 Å². The number of carbonyl (C=O) groups excluding carboxylic acids is 2. The van der Waals surface area contributed by atoms with Crippen molar-refractivity contribution in [2.24, 2.45) is 11.8 Å². The van der Waals surface area contributed by atoms with Crippen LogP contribution in [0.15, 0.2) is 79.1 Å². The van der Waals surface area contributed by atoms with E-state index in [-0.39, 0.29) is 24.8 Å². The highest BCUT2D eigenvalue weighted by molar-refractivity contribution is 6.35. The van der Waals surface area contributed by atoms with E-state index in [4.69, 9.17) is 42.1 Å². The normalized spacial score (nSPS) is 19.8. The van der Waals surface area contributed by atoms with Gasteiger partial charge in [0.15, 0.2) is 23.9 Å². The number of ether oxygens (including phenoxy) is 4. The van der Waals surface area contributed by atoms with Gasteiger partial charge in [0.25, 0.3) is 0 Å². The monoisotopic (exact) mass is 748 g/mol. The highest BCUT2D eigenvalue weighted by Crippen LogP contribution is 2.38. The van der Waals surface area contributed by atoms with Crippen molar-refractivity contribution in [1.29, 1.82) is 0 Å². The van der Waals surface area contributed by atoms with Gasteiger partial charge < -0.3 is 18.9 Å². The lowest BCUT2D eigenvalue weighted by atomic mass is 9.86. The number of aromatic amines is 1. The molecule has 3 aliphatic heterocycles. The molecule has 3 aromatic carbocycles. The quantitative estimate of drug-likeness (QED) is 0.128. The Labute approximate surface area is 312 Å². The molecule has 9 nitrogen and oxygen atoms in total. The van der Waals surface area contributed by atoms with Crippen LogP contribution in [-0.2, 0) is 22.4 Å². The number of nitrogens with one attached hydrogen (secondary N) is 1. The number of amides is 1. The van der Waals surface area contributed by atoms with E-state index in [0.717, 1.165) is 38.8 Å². The summed E-state index contributed by atoms with van der Waals surface area (Å²) in [6.07, 6.45) is 6.04. The zero-order chi connectivity index (χ0) is 36.2. The Morgan fingerprint density at radius 3 is 2.35 bits per heavy atom. The second-order valence-electron chi connectivity index (χ2n) is 13.7. The minimum Gasteiger partial charge on any atom is -0.493 e. The number of esters is 1. The maximum atomic E-state index is 15.1. The Morgan fingerprint density at radius 2 is 1.69 bits per heavy atom. The molecule has 0 spiro atoms. The summed E-state index contributed by atoms with van der Waals surface area (Å²) in [6.45, 7) is 3.32. The molecule has 1 aromatic heterocycles. The molecule has 4 heterocycles. The van der Waals surface area contributed by atoms with Gasteiger partial charge in [-0.25, -0.2) is 19.0 Å². The summed E-state index contributed by atoms with van der Waals surface area (Å²) in [7, 11) is 1.58. The van der Waals surface area contributed by atoms with Gasteiger partial charge >= 0.3 is 12.1 Å². The predicted molar refractivity (Wildman–Crippen MR) is 195 cm³/mol. The number of fused-ring (bicyclic) bond motifs is 3. The Hall–Kier alpha value is -4.38. The number of para-hydroxylation sites is 1. The molecule has 2 atom stereocenters. The van der Waals surface area contributed by atoms with Crippen LogP contribution >= 0.6 is 23.2 Å². The van der Waals surface area contributed by atoms with E-state index in [9.17, 15) is 9.59 Å². The molecule has 12 heteroatoms. The van der Waals surface area contributed by atoms with Crippen LogP contribution in [0.3, 0.4) is 0 Å². The minimum atomic E-state index is -0.781. The van der Waals surface area contributed by atoms with Crippen LogP contribution in [0.1, 0.15) is 58.8 Å². The smallest absolute Gasteiger partial charge is 0.415 e. The van der Waals surface area contributed by atoms with Crippen LogP contribution in [0.4, 0.5) is 14.9 Å². The first kappa shape index (κ1) is 36.0. The summed E-state index contributed by atoms with van der Waals surface area (Å²) in [6, 6.07) is 18.3. The zero-order valence-corrected chi connectivity index (χ0v) is 30.4. The Kier molecular flexibility index (Phi) is 11.1. The number of rotatable bonds is 13. The van der Waals surface area contributed by atoms with Crippen molar-refractivity contribution >= 4 is 41.0 Å². The van der Waals surface area contributed by atoms with Crippen LogP contribution in [0.2, 0.25) is 10.0 Å². The lowest BCUT2D eigenvalue weighted by Gasteiger charge is -2.44. The van der Waals surface area contributed by atoms with Gasteiger partial charge in [-0.05, 0) is 98.1 Å². The van der Waals surface area contributed by atoms with E-state index in [0.29, 0.717) is 68.8 Å². The van der Waals surface area contributed by atoms with E-state index in [1.165, 1.54) is 11.0 Å². The Morgan fingerprint density at radius 1 is 0.962 bits per heavy atom. The molecule has 4 aliphatic rings. The Bertz CT molecular complexity index is 1880. The molecular formula is C40H41Cl2FN3O6+. The van der Waals surface area contributed by atoms with Crippen LogP contribution < -0.4 is 19.4 Å². The van der Waals surface area contributed by atoms with Crippen LogP contribution in [0.5, 0.6) is 11.5 Å². The molecule has 0 unspecified atom stereocenters. The van der Waals surface area contributed by atoms with Crippen LogP contribution in [-0.4, -0.2) is 56.4 Å². The maximum Gasteiger partial charge on any atom is 0.415 e. The topological polar surface area (TPSA) is 91.7 Å². The molecular weight excluding hydrogens is 708 g/mol. The second-order valence-corrected chi connectivity index (χ2v) is 14.5. The molecule has 2 bridgehead atoms. The number of piperidine rings is 3. The lowest BCUT2D eigenvalue weighted by Crippen LogP contribution is -2.53. The van der Waals surface area contributed by atoms with Crippen molar-refractivity contribution < 1.29 is 37.9 Å². The number of hydrogen-bond acceptors (Lipinski definition) is 7. The van der Waals surface area contributed by atoms with Gasteiger partial charge in [0.2, 0.25) is 0 Å². The molecule has 1 N–H and O–H groups in total. The number of anilines is 1. The average Bonchev–Trinajstić information content (AvgIpc) is 4.00. The number of benzene rings is 3. The summed E-state index contributed by atoms with van der Waals surface area (Å²) in [5, 5.41) is 0.811. The first-order chi connectivity index (χ1) is 25.2. The number of carbonyl (C=O) groups is 2. The minimum absolute atomic E-state index is 0.0380. The second kappa shape index (κ2) is 16.1. The zero-order valence-electron chi connectivity index (χ0n) is 28.9. The molecule has 8 rings (SSSR count). The van der Waals surface area contributed by atoms with Gasteiger partial charge in [-0.15, -0.1) is 0 Å². The number of pyridine rings is 1. The van der Waals surface area contributed by atoms with E-state index >= 15 is 4.39 Å². The van der Waals surface area contributed by atoms with Crippen molar-refractivity contribution in [1.82, 2.24) is 4.90 Å². The fourth-order valence-electron chi connectivity index (χ4n) is 6.86. The molecule has 1 amide bonds. The first-order valence-corrected chi connectivity index (χ1v) is 18.4. The van der Waals surface area contributed by atoms with Gasteiger partial charge in [0.05, 0.1) is 31.5 Å². The van der Waals surface area contributed by atoms with E-state index < -0.39 is 24.0 Å². The van der Waals surface area contributed by atoms with Crippen molar-refractivity contribution in [3.05, 3.63) is 117 Å². The fourth-order valence-corrected chi connectivity index (χ4v) is 7.40. The first-order valence-electron chi connectivity index (χ1n) is 17.7. The molecule has 4 aromatic rings. The highest BCUT2D eigenvalue weighted by atomic mass is 35.5. The van der Waals surface area contributed by atoms with E-state index in [2.05, 4.69) is 9.88 Å². The summed E-state index contributed by atoms with van der Waals surface area (Å²) in [5.41, 5.74) is 2.38. The predicted octanol–water partition coefficient (Wildman–Crippen LogP) is 8.12. The van der Waals surface area contributed by atoms with Crippen molar-refractivity contribution in [3.63, 3.8) is 0 Å². The largest absolute Gasteiger partial charge is 0.493 e. The standard InChI is InChI=1S/C40H40Cl2FN3O6/c1-49-35-13-12-29(18-37(35)50-24-26-6-7-26)36(19-30-31(41)20-44-21-32(30)42)51-39(47)28-10-8-25(9-11-28)22-46(34-5-3-2-4-33(34)43)40(48)52-38-23-45-16-14-27(38)15-17-45/h2-5,8-13,18,20-21,26-27,36,38H,6-7,14-17,19,22-24H2,1H3/p+1/t36-,38+/m1/s1. The average molecular weight is 750 g/mol. The number of aromatic nitrogens is 1. The third-order valence-corrected chi connectivity index (χ3v) is 10.8. The molecule has 3 saturated heterocycles. The van der Waals surface area contributed by atoms with Gasteiger partial charge in [-0.2, -0.15) is 0 Å². The summed E-state index contributed by atoms with van der Waals surface area (Å²) < 4.78 is 38.9.